The molecular weight excluding hydrogens is 249 g/mol. The van der Waals surface area contributed by atoms with Gasteiger partial charge in [0.1, 0.15) is 17.9 Å². The third kappa shape index (κ3) is 3.07. The van der Waals surface area contributed by atoms with Crippen molar-refractivity contribution in [3.8, 4) is 5.75 Å². The summed E-state index contributed by atoms with van der Waals surface area (Å²) in [5.74, 6) is -0.639. The average Bonchev–Trinajstić information content (AvgIpc) is 2.81. The van der Waals surface area contributed by atoms with Crippen LogP contribution in [-0.4, -0.2) is 23.2 Å². The van der Waals surface area contributed by atoms with Crippen LogP contribution >= 0.6 is 0 Å². The lowest BCUT2D eigenvalue weighted by atomic mass is 10.2. The van der Waals surface area contributed by atoms with Crippen LogP contribution < -0.4 is 4.74 Å². The Kier molecular flexibility index (Phi) is 3.75. The predicted molar refractivity (Wildman–Crippen MR) is 67.0 cm³/mol. The van der Waals surface area contributed by atoms with E-state index in [1.807, 2.05) is 0 Å². The Balaban J connectivity index is 2.07. The molecule has 1 aromatic carbocycles. The zero-order valence-electron chi connectivity index (χ0n) is 10.3. The minimum absolute atomic E-state index is 0.157. The van der Waals surface area contributed by atoms with Gasteiger partial charge in [-0.3, -0.25) is 9.59 Å². The van der Waals surface area contributed by atoms with Crippen LogP contribution in [0.1, 0.15) is 20.8 Å². The standard InChI is InChI=1S/C14H12FNO3/c1-16-4-2-3-13(16)14(18)9-19-12-6-10(8-17)5-11(15)7-12/h2-8H,9H2,1H3. The molecule has 19 heavy (non-hydrogen) atoms. The third-order valence-electron chi connectivity index (χ3n) is 2.63. The second-order valence-corrected chi connectivity index (χ2v) is 4.05. The van der Waals surface area contributed by atoms with Crippen LogP contribution in [0, 0.1) is 5.82 Å². The average molecular weight is 261 g/mol. The SMILES string of the molecule is Cn1cccc1C(=O)COc1cc(F)cc(C=O)c1. The Morgan fingerprint density at radius 1 is 1.42 bits per heavy atom. The van der Waals surface area contributed by atoms with Crippen LogP contribution in [0.2, 0.25) is 0 Å². The van der Waals surface area contributed by atoms with E-state index in [2.05, 4.69) is 0 Å². The number of aldehydes is 1. The molecule has 1 aromatic heterocycles. The molecule has 1 heterocycles. The summed E-state index contributed by atoms with van der Waals surface area (Å²) >= 11 is 0. The summed E-state index contributed by atoms with van der Waals surface area (Å²) < 4.78 is 20.0. The molecule has 0 saturated heterocycles. The van der Waals surface area contributed by atoms with E-state index in [0.717, 1.165) is 12.1 Å². The first kappa shape index (κ1) is 13.0. The monoisotopic (exact) mass is 261 g/mol. The molecule has 98 valence electrons. The van der Waals surface area contributed by atoms with Crippen molar-refractivity contribution in [2.24, 2.45) is 7.05 Å². The molecule has 0 radical (unpaired) electrons. The van der Waals surface area contributed by atoms with Gasteiger partial charge in [-0.2, -0.15) is 0 Å². The number of hydrogen-bond donors (Lipinski definition) is 0. The first-order chi connectivity index (χ1) is 9.10. The van der Waals surface area contributed by atoms with E-state index >= 15 is 0 Å². The van der Waals surface area contributed by atoms with E-state index < -0.39 is 5.82 Å². The maximum Gasteiger partial charge on any atom is 0.216 e. The predicted octanol–water partition coefficient (Wildman–Crippen LogP) is 2.24. The topological polar surface area (TPSA) is 48.3 Å². The fourth-order valence-electron chi connectivity index (χ4n) is 1.71. The number of rotatable bonds is 5. The van der Waals surface area contributed by atoms with Crippen molar-refractivity contribution >= 4 is 12.1 Å². The molecule has 5 heteroatoms. The zero-order chi connectivity index (χ0) is 13.8. The summed E-state index contributed by atoms with van der Waals surface area (Å²) in [7, 11) is 1.75. The number of carbonyl (C=O) groups is 2. The highest BCUT2D eigenvalue weighted by molar-refractivity contribution is 5.95. The highest BCUT2D eigenvalue weighted by Crippen LogP contribution is 2.15. The zero-order valence-corrected chi connectivity index (χ0v) is 10.3. The quantitative estimate of drug-likeness (QED) is 0.612. The van der Waals surface area contributed by atoms with Gasteiger partial charge in [0.25, 0.3) is 0 Å². The van der Waals surface area contributed by atoms with E-state index in [1.165, 1.54) is 6.07 Å². The molecule has 0 saturated carbocycles. The lowest BCUT2D eigenvalue weighted by molar-refractivity contribution is 0.0913. The molecule has 0 atom stereocenters. The van der Waals surface area contributed by atoms with Gasteiger partial charge in [0.05, 0.1) is 5.69 Å². The van der Waals surface area contributed by atoms with E-state index in [4.69, 9.17) is 4.74 Å². The molecule has 0 amide bonds. The van der Waals surface area contributed by atoms with Crippen molar-refractivity contribution in [2.75, 3.05) is 6.61 Å². The fraction of sp³-hybridized carbons (Fsp3) is 0.143. The van der Waals surface area contributed by atoms with Gasteiger partial charge in [0.15, 0.2) is 6.61 Å². The largest absolute Gasteiger partial charge is 0.485 e. The number of aryl methyl sites for hydroxylation is 1. The van der Waals surface area contributed by atoms with Gasteiger partial charge in [-0.1, -0.05) is 0 Å². The van der Waals surface area contributed by atoms with Gasteiger partial charge in [-0.05, 0) is 24.3 Å². The number of nitrogens with zero attached hydrogens (tertiary/aromatic N) is 1. The minimum Gasteiger partial charge on any atom is -0.485 e. The Morgan fingerprint density at radius 3 is 2.84 bits per heavy atom. The summed E-state index contributed by atoms with van der Waals surface area (Å²) in [6.45, 7) is -0.209. The Morgan fingerprint density at radius 2 is 2.21 bits per heavy atom. The normalized spacial score (nSPS) is 10.2. The Labute approximate surface area is 109 Å². The molecule has 0 unspecified atom stereocenters. The number of carbonyl (C=O) groups excluding carboxylic acids is 2. The molecule has 2 aromatic rings. The van der Waals surface area contributed by atoms with Crippen LogP contribution in [0.4, 0.5) is 4.39 Å². The van der Waals surface area contributed by atoms with Crippen molar-refractivity contribution in [1.29, 1.82) is 0 Å². The van der Waals surface area contributed by atoms with Gasteiger partial charge in [0.2, 0.25) is 5.78 Å². The number of hydrogen-bond acceptors (Lipinski definition) is 3. The molecule has 0 spiro atoms. The number of ether oxygens (including phenoxy) is 1. The third-order valence-corrected chi connectivity index (χ3v) is 2.63. The lowest BCUT2D eigenvalue weighted by Gasteiger charge is -2.07. The van der Waals surface area contributed by atoms with Gasteiger partial charge in [-0.25, -0.2) is 4.39 Å². The molecule has 0 bridgehead atoms. The lowest BCUT2D eigenvalue weighted by Crippen LogP contribution is -2.14. The summed E-state index contributed by atoms with van der Waals surface area (Å²) in [6.07, 6.45) is 2.27. The number of ketones is 1. The molecule has 0 aliphatic heterocycles. The van der Waals surface area contributed by atoms with Crippen molar-refractivity contribution in [2.45, 2.75) is 0 Å². The molecule has 0 fully saturated rings. The van der Waals surface area contributed by atoms with Crippen LogP contribution in [-0.2, 0) is 7.05 Å². The summed E-state index contributed by atoms with van der Waals surface area (Å²) in [5, 5.41) is 0. The van der Waals surface area contributed by atoms with Crippen molar-refractivity contribution in [3.63, 3.8) is 0 Å². The molecule has 0 aliphatic carbocycles. The maximum atomic E-state index is 13.1. The van der Waals surface area contributed by atoms with Gasteiger partial charge in [0, 0.05) is 24.9 Å². The van der Waals surface area contributed by atoms with Crippen molar-refractivity contribution in [3.05, 3.63) is 53.6 Å². The fourth-order valence-corrected chi connectivity index (χ4v) is 1.71. The molecule has 0 N–H and O–H groups in total. The minimum atomic E-state index is -0.578. The Bertz CT molecular complexity index is 619. The second kappa shape index (κ2) is 5.48. The molecular formula is C14H12FNO3. The Hall–Kier alpha value is -2.43. The highest BCUT2D eigenvalue weighted by Gasteiger charge is 2.10. The number of Topliss-reactive ketones (excluding diaryl/α,β-unsaturated/α-hetero) is 1. The molecule has 4 nitrogen and oxygen atoms in total. The van der Waals surface area contributed by atoms with Crippen LogP contribution in [0.25, 0.3) is 0 Å². The highest BCUT2D eigenvalue weighted by atomic mass is 19.1. The van der Waals surface area contributed by atoms with Gasteiger partial charge in [-0.15, -0.1) is 0 Å². The maximum absolute atomic E-state index is 13.1. The molecule has 0 aliphatic rings. The number of aromatic nitrogens is 1. The second-order valence-electron chi connectivity index (χ2n) is 4.05. The summed E-state index contributed by atoms with van der Waals surface area (Å²) in [6, 6.07) is 7.03. The summed E-state index contributed by atoms with van der Waals surface area (Å²) in [5.41, 5.74) is 0.674. The summed E-state index contributed by atoms with van der Waals surface area (Å²) in [4.78, 5) is 22.4. The first-order valence-corrected chi connectivity index (χ1v) is 5.63. The van der Waals surface area contributed by atoms with Crippen molar-refractivity contribution < 1.29 is 18.7 Å². The van der Waals surface area contributed by atoms with E-state index in [9.17, 15) is 14.0 Å². The van der Waals surface area contributed by atoms with Crippen LogP contribution in [0.5, 0.6) is 5.75 Å². The van der Waals surface area contributed by atoms with Gasteiger partial charge < -0.3 is 9.30 Å². The first-order valence-electron chi connectivity index (χ1n) is 5.63. The van der Waals surface area contributed by atoms with E-state index in [1.54, 1.807) is 29.9 Å². The van der Waals surface area contributed by atoms with Crippen LogP contribution in [0.3, 0.4) is 0 Å². The van der Waals surface area contributed by atoms with E-state index in [0.29, 0.717) is 12.0 Å². The number of benzene rings is 1. The molecule has 2 rings (SSSR count). The van der Waals surface area contributed by atoms with E-state index in [-0.39, 0.29) is 23.7 Å². The number of halogens is 1. The van der Waals surface area contributed by atoms with Crippen molar-refractivity contribution in [1.82, 2.24) is 4.57 Å². The van der Waals surface area contributed by atoms with Gasteiger partial charge >= 0.3 is 0 Å². The smallest absolute Gasteiger partial charge is 0.216 e. The van der Waals surface area contributed by atoms with Crippen LogP contribution in [0.15, 0.2) is 36.5 Å².